The third-order valence-electron chi connectivity index (χ3n) is 3.94. The molecule has 3 rings (SSSR count). The molecule has 0 bridgehead atoms. The third kappa shape index (κ3) is 2.51. The Hall–Kier alpha value is -1.39. The van der Waals surface area contributed by atoms with Crippen LogP contribution in [0.25, 0.3) is 11.0 Å². The second-order valence-electron chi connectivity index (χ2n) is 5.32. The van der Waals surface area contributed by atoms with E-state index < -0.39 is 0 Å². The molecule has 1 fully saturated rings. The second kappa shape index (κ2) is 5.31. The van der Waals surface area contributed by atoms with Crippen molar-refractivity contribution in [3.8, 4) is 0 Å². The number of hydrogen-bond acceptors (Lipinski definition) is 3. The van der Waals surface area contributed by atoms with Crippen LogP contribution >= 0.6 is 0 Å². The highest BCUT2D eigenvalue weighted by molar-refractivity contribution is 5.78. The lowest BCUT2D eigenvalue weighted by molar-refractivity contribution is -0.0244. The molecule has 1 aliphatic rings. The number of benzene rings is 1. The summed E-state index contributed by atoms with van der Waals surface area (Å²) in [6.45, 7) is 3.42. The maximum absolute atomic E-state index is 5.74. The van der Waals surface area contributed by atoms with E-state index in [1.54, 1.807) is 0 Å². The SMILES string of the molecule is CCOC1CC(Cc2nc3c(CN)cccc3[nH]2)C1. The van der Waals surface area contributed by atoms with Gasteiger partial charge >= 0.3 is 0 Å². The molecule has 19 heavy (non-hydrogen) atoms. The van der Waals surface area contributed by atoms with Crippen LogP contribution in [0, 0.1) is 5.92 Å². The molecule has 1 aliphatic carbocycles. The van der Waals surface area contributed by atoms with Crippen molar-refractivity contribution in [3.63, 3.8) is 0 Å². The minimum absolute atomic E-state index is 0.471. The lowest BCUT2D eigenvalue weighted by Gasteiger charge is -2.34. The Morgan fingerprint density at radius 3 is 3.00 bits per heavy atom. The number of fused-ring (bicyclic) bond motifs is 1. The van der Waals surface area contributed by atoms with Crippen molar-refractivity contribution in [2.75, 3.05) is 6.61 Å². The maximum Gasteiger partial charge on any atom is 0.107 e. The van der Waals surface area contributed by atoms with Crippen molar-refractivity contribution in [1.82, 2.24) is 9.97 Å². The monoisotopic (exact) mass is 259 g/mol. The van der Waals surface area contributed by atoms with E-state index in [0.717, 1.165) is 48.3 Å². The van der Waals surface area contributed by atoms with Crippen LogP contribution in [-0.4, -0.2) is 22.7 Å². The number of rotatable bonds is 5. The molecule has 0 radical (unpaired) electrons. The summed E-state index contributed by atoms with van der Waals surface area (Å²) in [4.78, 5) is 8.11. The zero-order valence-corrected chi connectivity index (χ0v) is 11.4. The molecule has 1 aromatic heterocycles. The fourth-order valence-corrected chi connectivity index (χ4v) is 2.89. The van der Waals surface area contributed by atoms with Crippen LogP contribution in [-0.2, 0) is 17.7 Å². The van der Waals surface area contributed by atoms with E-state index in [0.29, 0.717) is 18.6 Å². The molecule has 0 atom stereocenters. The highest BCUT2D eigenvalue weighted by atomic mass is 16.5. The van der Waals surface area contributed by atoms with Gasteiger partial charge in [-0.15, -0.1) is 0 Å². The van der Waals surface area contributed by atoms with E-state index in [2.05, 4.69) is 18.0 Å². The van der Waals surface area contributed by atoms with Crippen LogP contribution in [0.5, 0.6) is 0 Å². The Morgan fingerprint density at radius 1 is 1.42 bits per heavy atom. The molecule has 1 heterocycles. The van der Waals surface area contributed by atoms with Crippen LogP contribution < -0.4 is 5.73 Å². The summed E-state index contributed by atoms with van der Waals surface area (Å²) in [5.41, 5.74) is 8.98. The minimum Gasteiger partial charge on any atom is -0.378 e. The molecule has 0 saturated heterocycles. The Morgan fingerprint density at radius 2 is 2.26 bits per heavy atom. The number of ether oxygens (including phenoxy) is 1. The van der Waals surface area contributed by atoms with Crippen molar-refractivity contribution in [1.29, 1.82) is 0 Å². The summed E-state index contributed by atoms with van der Waals surface area (Å²) >= 11 is 0. The first-order valence-electron chi connectivity index (χ1n) is 7.08. The van der Waals surface area contributed by atoms with Crippen molar-refractivity contribution < 1.29 is 4.74 Å². The number of para-hydroxylation sites is 1. The van der Waals surface area contributed by atoms with E-state index in [4.69, 9.17) is 15.5 Å². The smallest absolute Gasteiger partial charge is 0.107 e. The zero-order valence-electron chi connectivity index (χ0n) is 11.4. The lowest BCUT2D eigenvalue weighted by Crippen LogP contribution is -2.32. The number of hydrogen-bond donors (Lipinski definition) is 2. The summed E-state index contributed by atoms with van der Waals surface area (Å²) in [6.07, 6.45) is 3.81. The van der Waals surface area contributed by atoms with E-state index in [-0.39, 0.29) is 0 Å². The highest BCUT2D eigenvalue weighted by Gasteiger charge is 2.30. The summed E-state index contributed by atoms with van der Waals surface area (Å²) in [7, 11) is 0. The normalized spacial score (nSPS) is 22.6. The molecule has 0 aliphatic heterocycles. The standard InChI is InChI=1S/C15H21N3O/c1-2-19-12-6-10(7-12)8-14-17-13-5-3-4-11(9-16)15(13)18-14/h3-5,10,12H,2,6-9,16H2,1H3,(H,17,18). The van der Waals surface area contributed by atoms with Gasteiger partial charge in [0.05, 0.1) is 17.1 Å². The molecule has 4 nitrogen and oxygen atoms in total. The molecule has 4 heteroatoms. The largest absolute Gasteiger partial charge is 0.378 e. The topological polar surface area (TPSA) is 63.9 Å². The van der Waals surface area contributed by atoms with E-state index in [1.165, 1.54) is 0 Å². The van der Waals surface area contributed by atoms with Gasteiger partial charge in [-0.05, 0) is 37.3 Å². The fourth-order valence-electron chi connectivity index (χ4n) is 2.89. The van der Waals surface area contributed by atoms with Gasteiger partial charge in [-0.1, -0.05) is 12.1 Å². The predicted molar refractivity (Wildman–Crippen MR) is 75.8 cm³/mol. The van der Waals surface area contributed by atoms with Gasteiger partial charge in [0.15, 0.2) is 0 Å². The molecule has 102 valence electrons. The summed E-state index contributed by atoms with van der Waals surface area (Å²) in [5, 5.41) is 0. The molecule has 2 aromatic rings. The summed E-state index contributed by atoms with van der Waals surface area (Å²) in [6, 6.07) is 6.14. The number of aromatic nitrogens is 2. The first-order chi connectivity index (χ1) is 9.30. The van der Waals surface area contributed by atoms with Gasteiger partial charge in [-0.3, -0.25) is 0 Å². The van der Waals surface area contributed by atoms with E-state index in [1.807, 2.05) is 12.1 Å². The van der Waals surface area contributed by atoms with Gasteiger partial charge in [0.25, 0.3) is 0 Å². The van der Waals surface area contributed by atoms with Gasteiger partial charge in [0.2, 0.25) is 0 Å². The molecule has 0 amide bonds. The number of nitrogens with two attached hydrogens (primary N) is 1. The molecule has 3 N–H and O–H groups in total. The summed E-state index contributed by atoms with van der Waals surface area (Å²) < 4.78 is 5.59. The van der Waals surface area contributed by atoms with Gasteiger partial charge in [-0.25, -0.2) is 4.98 Å². The summed E-state index contributed by atoms with van der Waals surface area (Å²) in [5.74, 6) is 1.79. The van der Waals surface area contributed by atoms with Crippen LogP contribution in [0.3, 0.4) is 0 Å². The molecular formula is C15H21N3O. The number of nitrogens with zero attached hydrogens (tertiary/aromatic N) is 1. The maximum atomic E-state index is 5.74. The molecule has 1 saturated carbocycles. The number of nitrogens with one attached hydrogen (secondary N) is 1. The van der Waals surface area contributed by atoms with Crippen molar-refractivity contribution in [2.45, 2.75) is 38.8 Å². The number of H-pyrrole nitrogens is 1. The first-order valence-corrected chi connectivity index (χ1v) is 7.08. The molecule has 0 unspecified atom stereocenters. The predicted octanol–water partition coefficient (Wildman–Crippen LogP) is 2.38. The number of imidazole rings is 1. The minimum atomic E-state index is 0.471. The van der Waals surface area contributed by atoms with Crippen molar-refractivity contribution in [2.24, 2.45) is 11.7 Å². The highest BCUT2D eigenvalue weighted by Crippen LogP contribution is 2.32. The van der Waals surface area contributed by atoms with Gasteiger partial charge in [0.1, 0.15) is 5.82 Å². The van der Waals surface area contributed by atoms with Gasteiger partial charge in [0, 0.05) is 19.6 Å². The van der Waals surface area contributed by atoms with E-state index in [9.17, 15) is 0 Å². The Balaban J connectivity index is 1.69. The second-order valence-corrected chi connectivity index (χ2v) is 5.32. The van der Waals surface area contributed by atoms with E-state index >= 15 is 0 Å². The molecular weight excluding hydrogens is 238 g/mol. The van der Waals surface area contributed by atoms with Crippen molar-refractivity contribution in [3.05, 3.63) is 29.6 Å². The first kappa shape index (κ1) is 12.6. The Bertz CT molecular complexity index is 558. The zero-order chi connectivity index (χ0) is 13.2. The Labute approximate surface area is 113 Å². The molecule has 0 spiro atoms. The average Bonchev–Trinajstić information content (AvgIpc) is 2.78. The number of aromatic amines is 1. The van der Waals surface area contributed by atoms with Crippen LogP contribution in [0.1, 0.15) is 31.2 Å². The lowest BCUT2D eigenvalue weighted by atomic mass is 9.80. The van der Waals surface area contributed by atoms with Crippen LogP contribution in [0.2, 0.25) is 0 Å². The Kier molecular flexibility index (Phi) is 3.53. The third-order valence-corrected chi connectivity index (χ3v) is 3.94. The average molecular weight is 259 g/mol. The van der Waals surface area contributed by atoms with Crippen LogP contribution in [0.15, 0.2) is 18.2 Å². The molecule has 1 aromatic carbocycles. The van der Waals surface area contributed by atoms with Gasteiger partial charge < -0.3 is 15.5 Å². The van der Waals surface area contributed by atoms with Crippen LogP contribution in [0.4, 0.5) is 0 Å². The van der Waals surface area contributed by atoms with Crippen molar-refractivity contribution >= 4 is 11.0 Å². The fraction of sp³-hybridized carbons (Fsp3) is 0.533. The quantitative estimate of drug-likeness (QED) is 0.866. The van der Waals surface area contributed by atoms with Gasteiger partial charge in [-0.2, -0.15) is 0 Å².